The minimum absolute atomic E-state index is 0.113. The van der Waals surface area contributed by atoms with Crippen molar-refractivity contribution < 1.29 is 19.4 Å². The first-order valence-electron chi connectivity index (χ1n) is 7.11. The second kappa shape index (κ2) is 6.02. The van der Waals surface area contributed by atoms with Gasteiger partial charge in [-0.05, 0) is 39.0 Å². The van der Waals surface area contributed by atoms with Crippen LogP contribution in [0.4, 0.5) is 0 Å². The van der Waals surface area contributed by atoms with Crippen LogP contribution >= 0.6 is 0 Å². The minimum Gasteiger partial charge on any atom is -0.481 e. The van der Waals surface area contributed by atoms with Crippen LogP contribution in [0.25, 0.3) is 0 Å². The number of aliphatic carboxylic acids is 1. The van der Waals surface area contributed by atoms with Gasteiger partial charge in [-0.1, -0.05) is 6.92 Å². The molecule has 0 bridgehead atoms. The van der Waals surface area contributed by atoms with Crippen molar-refractivity contribution in [3.05, 3.63) is 0 Å². The molecule has 18 heavy (non-hydrogen) atoms. The van der Waals surface area contributed by atoms with E-state index >= 15 is 0 Å². The molecule has 2 fully saturated rings. The number of carbonyl (C=O) groups is 1. The number of hydrogen-bond acceptors (Lipinski definition) is 3. The van der Waals surface area contributed by atoms with E-state index in [0.717, 1.165) is 38.7 Å². The molecule has 4 nitrogen and oxygen atoms in total. The summed E-state index contributed by atoms with van der Waals surface area (Å²) >= 11 is 0. The maximum atomic E-state index is 10.9. The normalized spacial score (nSPS) is 41.6. The predicted octanol–water partition coefficient (Wildman–Crippen LogP) is 2.67. The molecule has 1 heterocycles. The van der Waals surface area contributed by atoms with Crippen LogP contribution in [0.5, 0.6) is 0 Å². The molecule has 1 saturated heterocycles. The highest BCUT2D eigenvalue weighted by molar-refractivity contribution is 5.69. The number of carboxylic acids is 1. The van der Waals surface area contributed by atoms with Crippen molar-refractivity contribution in [2.45, 2.75) is 58.3 Å². The third-order valence-electron chi connectivity index (χ3n) is 4.52. The van der Waals surface area contributed by atoms with Crippen molar-refractivity contribution in [2.75, 3.05) is 6.61 Å². The van der Waals surface area contributed by atoms with Gasteiger partial charge >= 0.3 is 5.97 Å². The van der Waals surface area contributed by atoms with Crippen LogP contribution in [0.1, 0.15) is 46.0 Å². The van der Waals surface area contributed by atoms with E-state index in [1.165, 1.54) is 0 Å². The van der Waals surface area contributed by atoms with Gasteiger partial charge in [-0.3, -0.25) is 4.79 Å². The number of hydrogen-bond donors (Lipinski definition) is 1. The molecule has 1 N–H and O–H groups in total. The molecule has 0 radical (unpaired) electrons. The first kappa shape index (κ1) is 13.8. The fourth-order valence-electron chi connectivity index (χ4n) is 3.05. The number of carboxylic acid groups (broad SMARTS) is 1. The Hall–Kier alpha value is -0.610. The Morgan fingerprint density at radius 1 is 1.28 bits per heavy atom. The lowest BCUT2D eigenvalue weighted by atomic mass is 9.81. The smallest absolute Gasteiger partial charge is 0.306 e. The highest BCUT2D eigenvalue weighted by Gasteiger charge is 2.36. The average molecular weight is 256 g/mol. The Morgan fingerprint density at radius 3 is 2.44 bits per heavy atom. The van der Waals surface area contributed by atoms with Gasteiger partial charge in [-0.15, -0.1) is 0 Å². The predicted molar refractivity (Wildman–Crippen MR) is 67.2 cm³/mol. The Labute approximate surface area is 109 Å². The fourth-order valence-corrected chi connectivity index (χ4v) is 3.05. The van der Waals surface area contributed by atoms with Gasteiger partial charge in [-0.2, -0.15) is 0 Å². The molecule has 1 aliphatic heterocycles. The average Bonchev–Trinajstić information content (AvgIpc) is 2.38. The summed E-state index contributed by atoms with van der Waals surface area (Å²) in [5.74, 6) is 0.0569. The van der Waals surface area contributed by atoms with Crippen LogP contribution in [-0.4, -0.2) is 30.1 Å². The zero-order valence-corrected chi connectivity index (χ0v) is 11.3. The van der Waals surface area contributed by atoms with E-state index in [1.54, 1.807) is 0 Å². The third-order valence-corrected chi connectivity index (χ3v) is 4.52. The van der Waals surface area contributed by atoms with Gasteiger partial charge in [0.25, 0.3) is 0 Å². The summed E-state index contributed by atoms with van der Waals surface area (Å²) in [7, 11) is 0. The first-order valence-corrected chi connectivity index (χ1v) is 7.11. The largest absolute Gasteiger partial charge is 0.481 e. The molecular formula is C14H24O4. The van der Waals surface area contributed by atoms with E-state index < -0.39 is 5.97 Å². The SMILES string of the molecule is CCC1COC(C2CCC(C(=O)O)CC2)OC1C. The van der Waals surface area contributed by atoms with E-state index in [2.05, 4.69) is 13.8 Å². The molecular weight excluding hydrogens is 232 g/mol. The van der Waals surface area contributed by atoms with Gasteiger partial charge in [0.15, 0.2) is 6.29 Å². The fraction of sp³-hybridized carbons (Fsp3) is 0.929. The topological polar surface area (TPSA) is 55.8 Å². The quantitative estimate of drug-likeness (QED) is 0.843. The molecule has 104 valence electrons. The van der Waals surface area contributed by atoms with Crippen LogP contribution in [0.3, 0.4) is 0 Å². The van der Waals surface area contributed by atoms with Gasteiger partial charge in [0.2, 0.25) is 0 Å². The van der Waals surface area contributed by atoms with E-state index in [1.807, 2.05) is 0 Å². The van der Waals surface area contributed by atoms with Crippen LogP contribution in [0.15, 0.2) is 0 Å². The second-order valence-corrected chi connectivity index (χ2v) is 5.66. The van der Waals surface area contributed by atoms with Crippen molar-refractivity contribution in [1.29, 1.82) is 0 Å². The van der Waals surface area contributed by atoms with Crippen LogP contribution in [0.2, 0.25) is 0 Å². The summed E-state index contributed by atoms with van der Waals surface area (Å²) in [4.78, 5) is 10.9. The Bertz CT molecular complexity index is 284. The van der Waals surface area contributed by atoms with Gasteiger partial charge in [0, 0.05) is 11.8 Å². The van der Waals surface area contributed by atoms with E-state index in [-0.39, 0.29) is 18.3 Å². The highest BCUT2D eigenvalue weighted by Crippen LogP contribution is 2.35. The maximum absolute atomic E-state index is 10.9. The minimum atomic E-state index is -0.654. The third kappa shape index (κ3) is 3.04. The van der Waals surface area contributed by atoms with Crippen molar-refractivity contribution in [3.63, 3.8) is 0 Å². The second-order valence-electron chi connectivity index (χ2n) is 5.66. The van der Waals surface area contributed by atoms with E-state index in [4.69, 9.17) is 14.6 Å². The van der Waals surface area contributed by atoms with Gasteiger partial charge < -0.3 is 14.6 Å². The lowest BCUT2D eigenvalue weighted by molar-refractivity contribution is -0.257. The molecule has 0 aromatic carbocycles. The lowest BCUT2D eigenvalue weighted by Gasteiger charge is -2.40. The van der Waals surface area contributed by atoms with Crippen molar-refractivity contribution >= 4 is 5.97 Å². The summed E-state index contributed by atoms with van der Waals surface area (Å²) < 4.78 is 11.8. The molecule has 4 heteroatoms. The van der Waals surface area contributed by atoms with Crippen molar-refractivity contribution in [3.8, 4) is 0 Å². The molecule has 1 aliphatic carbocycles. The Kier molecular flexibility index (Phi) is 4.62. The van der Waals surface area contributed by atoms with Crippen molar-refractivity contribution in [2.24, 2.45) is 17.8 Å². The molecule has 3 atom stereocenters. The zero-order chi connectivity index (χ0) is 13.1. The Morgan fingerprint density at radius 2 is 1.94 bits per heavy atom. The van der Waals surface area contributed by atoms with Crippen molar-refractivity contribution in [1.82, 2.24) is 0 Å². The van der Waals surface area contributed by atoms with Gasteiger partial charge in [0.1, 0.15) is 0 Å². The molecule has 0 aromatic rings. The molecule has 0 aromatic heterocycles. The van der Waals surface area contributed by atoms with Gasteiger partial charge in [0.05, 0.1) is 18.6 Å². The van der Waals surface area contributed by atoms with E-state index in [9.17, 15) is 4.79 Å². The molecule has 2 aliphatic rings. The van der Waals surface area contributed by atoms with Gasteiger partial charge in [-0.25, -0.2) is 0 Å². The summed E-state index contributed by atoms with van der Waals surface area (Å²) in [5, 5.41) is 8.98. The first-order chi connectivity index (χ1) is 8.61. The molecule has 1 saturated carbocycles. The zero-order valence-electron chi connectivity index (χ0n) is 11.3. The van der Waals surface area contributed by atoms with Crippen LogP contribution in [0, 0.1) is 17.8 Å². The van der Waals surface area contributed by atoms with Crippen LogP contribution < -0.4 is 0 Å². The molecule has 3 unspecified atom stereocenters. The summed E-state index contributed by atoms with van der Waals surface area (Å²) in [6.07, 6.45) is 4.56. The molecule has 0 spiro atoms. The van der Waals surface area contributed by atoms with E-state index in [0.29, 0.717) is 11.8 Å². The summed E-state index contributed by atoms with van der Waals surface area (Å²) in [6.45, 7) is 5.06. The lowest BCUT2D eigenvalue weighted by Crippen LogP contribution is -2.43. The summed E-state index contributed by atoms with van der Waals surface area (Å²) in [5.41, 5.74) is 0. The maximum Gasteiger partial charge on any atom is 0.306 e. The molecule has 2 rings (SSSR count). The Balaban J connectivity index is 1.82. The monoisotopic (exact) mass is 256 g/mol. The number of rotatable bonds is 3. The number of ether oxygens (including phenoxy) is 2. The van der Waals surface area contributed by atoms with Crippen LogP contribution in [-0.2, 0) is 14.3 Å². The highest BCUT2D eigenvalue weighted by atomic mass is 16.7. The molecule has 0 amide bonds. The summed E-state index contributed by atoms with van der Waals surface area (Å²) in [6, 6.07) is 0. The standard InChI is InChI=1S/C14H24O4/c1-3-10-8-17-14(18-9(10)2)12-6-4-11(5-7-12)13(15)16/h9-12,14H,3-8H2,1-2H3,(H,15,16).